The van der Waals surface area contributed by atoms with Crippen molar-refractivity contribution < 1.29 is 28.4 Å². The van der Waals surface area contributed by atoms with Crippen molar-refractivity contribution in [2.24, 2.45) is 5.92 Å². The summed E-state index contributed by atoms with van der Waals surface area (Å²) in [6.07, 6.45) is 6.27. The van der Waals surface area contributed by atoms with Crippen molar-refractivity contribution in [3.05, 3.63) is 106 Å². The quantitative estimate of drug-likeness (QED) is 0.156. The molecule has 3 N–H and O–H groups in total. The van der Waals surface area contributed by atoms with Crippen LogP contribution in [-0.4, -0.2) is 96.5 Å². The predicted molar refractivity (Wildman–Crippen MR) is 232 cm³/mol. The smallest absolute Gasteiger partial charge is 0.277 e. The number of hydrogen-bond donors (Lipinski definition) is 3. The molecule has 63 heavy (non-hydrogen) atoms. The van der Waals surface area contributed by atoms with Gasteiger partial charge >= 0.3 is 0 Å². The first-order valence-electron chi connectivity index (χ1n) is 21.3. The molecule has 0 aliphatic carbocycles. The summed E-state index contributed by atoms with van der Waals surface area (Å²) in [6.45, 7) is 12.0. The highest BCUT2D eigenvalue weighted by Gasteiger charge is 2.45. The average Bonchev–Trinajstić information content (AvgIpc) is 3.86. The average molecular weight is 854 g/mol. The third kappa shape index (κ3) is 8.39. The molecule has 0 radical (unpaired) electrons. The molecule has 2 aromatic heterocycles. The second-order valence-electron chi connectivity index (χ2n) is 17.8. The van der Waals surface area contributed by atoms with Gasteiger partial charge in [-0.2, -0.15) is 0 Å². The maximum absolute atomic E-state index is 15.0. The fraction of sp³-hybridized carbons (Fsp3) is 0.370. The van der Waals surface area contributed by atoms with Crippen molar-refractivity contribution in [1.29, 1.82) is 0 Å². The lowest BCUT2D eigenvalue weighted by Crippen LogP contribution is -2.54. The van der Waals surface area contributed by atoms with Crippen molar-refractivity contribution in [3.8, 4) is 11.3 Å². The van der Waals surface area contributed by atoms with Crippen LogP contribution >= 0.6 is 0 Å². The van der Waals surface area contributed by atoms with Crippen molar-refractivity contribution in [1.82, 2.24) is 40.1 Å². The number of imide groups is 2. The molecule has 3 aromatic carbocycles. The van der Waals surface area contributed by atoms with E-state index < -0.39 is 41.4 Å². The predicted octanol–water partition coefficient (Wildman–Crippen LogP) is 5.61. The first-order chi connectivity index (χ1) is 30.2. The van der Waals surface area contributed by atoms with E-state index >= 15 is 4.39 Å². The highest BCUT2D eigenvalue weighted by Crippen LogP contribution is 2.34. The summed E-state index contributed by atoms with van der Waals surface area (Å²) in [5.41, 5.74) is 6.52. The van der Waals surface area contributed by atoms with E-state index in [1.54, 1.807) is 42.2 Å². The third-order valence-electron chi connectivity index (χ3n) is 12.4. The van der Waals surface area contributed by atoms with E-state index in [2.05, 4.69) is 53.2 Å². The van der Waals surface area contributed by atoms with Crippen LogP contribution in [0.3, 0.4) is 0 Å². The summed E-state index contributed by atoms with van der Waals surface area (Å²) in [6, 6.07) is 15.0. The number of nitrogens with one attached hydrogen (secondary N) is 3. The van der Waals surface area contributed by atoms with Crippen LogP contribution in [-0.2, 0) is 28.1 Å². The number of aromatic nitrogens is 5. The molecule has 2 saturated heterocycles. The number of carbonyl (C=O) groups excluding carboxylic acids is 5. The molecule has 5 amide bonds. The molecule has 16 nitrogen and oxygen atoms in total. The van der Waals surface area contributed by atoms with Crippen molar-refractivity contribution in [3.63, 3.8) is 0 Å². The number of nitrogens with zero attached hydrogens (tertiary/aromatic N) is 8. The van der Waals surface area contributed by atoms with E-state index in [-0.39, 0.29) is 29.6 Å². The van der Waals surface area contributed by atoms with Gasteiger partial charge in [0.05, 0.1) is 28.6 Å². The lowest BCUT2D eigenvalue weighted by molar-refractivity contribution is -0.136. The Hall–Kier alpha value is -6.88. The van der Waals surface area contributed by atoms with E-state index in [0.717, 1.165) is 68.3 Å². The van der Waals surface area contributed by atoms with Crippen LogP contribution in [0.25, 0.3) is 11.3 Å². The number of rotatable bonds is 9. The first kappa shape index (κ1) is 41.5. The zero-order chi connectivity index (χ0) is 44.2. The van der Waals surface area contributed by atoms with Crippen LogP contribution < -0.4 is 20.9 Å². The number of carbonyl (C=O) groups is 5. The molecule has 324 valence electrons. The first-order valence-corrected chi connectivity index (χ1v) is 21.3. The summed E-state index contributed by atoms with van der Waals surface area (Å²) in [5.74, 6) is -2.20. The Morgan fingerprint density at radius 3 is 2.44 bits per heavy atom. The number of fused-ring (bicyclic) bond motifs is 2. The zero-order valence-electron chi connectivity index (χ0n) is 35.6. The number of hydrogen-bond acceptors (Lipinski definition) is 12. The van der Waals surface area contributed by atoms with Gasteiger partial charge in [-0.15, -0.1) is 5.10 Å². The van der Waals surface area contributed by atoms with Crippen LogP contribution in [0.4, 0.5) is 27.4 Å². The monoisotopic (exact) mass is 853 g/mol. The van der Waals surface area contributed by atoms with Gasteiger partial charge in [-0.05, 0) is 125 Å². The normalized spacial score (nSPS) is 18.3. The maximum atomic E-state index is 15.0. The lowest BCUT2D eigenvalue weighted by Gasteiger charge is -2.37. The molecule has 1 unspecified atom stereocenters. The summed E-state index contributed by atoms with van der Waals surface area (Å²) < 4.78 is 16.6. The standard InChI is InChI=1S/C46H48FN11O5/c1-26-34(20-30(47)21-37(26)50-41(60)38-25-57(54-53-38)46(2,3)4)36-11-15-48-45(51-36)49-31-6-5-28-14-16-55(24-29(28)19-31)23-27-12-17-56(18-13-27)32-7-8-33-35(22-32)44(63)58(43(33)62)39-9-10-40(59)52-42(39)61/h5-8,11,15,19-22,25,27,39H,9-10,12-14,16-18,23-24H2,1-4H3,(H,50,60)(H,48,49,51)(H,52,59,61). The second-order valence-corrected chi connectivity index (χ2v) is 17.8. The minimum absolute atomic E-state index is 0.0798. The summed E-state index contributed by atoms with van der Waals surface area (Å²) in [4.78, 5) is 78.8. The molecule has 5 aromatic rings. The molecule has 4 aliphatic heterocycles. The molecule has 4 aliphatic rings. The molecule has 0 saturated carbocycles. The Morgan fingerprint density at radius 2 is 1.68 bits per heavy atom. The minimum atomic E-state index is -0.989. The topological polar surface area (TPSA) is 188 Å². The van der Waals surface area contributed by atoms with Gasteiger partial charge in [-0.3, -0.25) is 39.1 Å². The number of benzene rings is 3. The molecule has 6 heterocycles. The van der Waals surface area contributed by atoms with Crippen LogP contribution in [0.15, 0.2) is 67.0 Å². The van der Waals surface area contributed by atoms with Gasteiger partial charge in [0.2, 0.25) is 17.8 Å². The fourth-order valence-corrected chi connectivity index (χ4v) is 8.90. The summed E-state index contributed by atoms with van der Waals surface area (Å²) >= 11 is 0. The lowest BCUT2D eigenvalue weighted by atomic mass is 9.93. The highest BCUT2D eigenvalue weighted by atomic mass is 19.1. The molecule has 1 atom stereocenters. The molecular formula is C46H48FN11O5. The molecule has 0 spiro atoms. The van der Waals surface area contributed by atoms with E-state index in [4.69, 9.17) is 4.98 Å². The van der Waals surface area contributed by atoms with Gasteiger partial charge in [0, 0.05) is 68.0 Å². The number of amides is 5. The van der Waals surface area contributed by atoms with Gasteiger partial charge < -0.3 is 15.5 Å². The zero-order valence-corrected chi connectivity index (χ0v) is 35.6. The third-order valence-corrected chi connectivity index (χ3v) is 12.4. The molecule has 0 bridgehead atoms. The maximum Gasteiger partial charge on any atom is 0.277 e. The number of halogens is 1. The molecule has 17 heteroatoms. The Kier molecular flexibility index (Phi) is 10.8. The highest BCUT2D eigenvalue weighted by molar-refractivity contribution is 6.23. The molecular weight excluding hydrogens is 806 g/mol. The van der Waals surface area contributed by atoms with Gasteiger partial charge in [0.25, 0.3) is 17.7 Å². The van der Waals surface area contributed by atoms with Gasteiger partial charge in [-0.1, -0.05) is 11.3 Å². The van der Waals surface area contributed by atoms with Crippen LogP contribution in [0.2, 0.25) is 0 Å². The van der Waals surface area contributed by atoms with Gasteiger partial charge in [0.15, 0.2) is 5.69 Å². The fourth-order valence-electron chi connectivity index (χ4n) is 8.90. The summed E-state index contributed by atoms with van der Waals surface area (Å²) in [5, 5.41) is 16.4. The Labute approximate surface area is 363 Å². The van der Waals surface area contributed by atoms with Crippen molar-refractivity contribution in [2.45, 2.75) is 77.9 Å². The second kappa shape index (κ2) is 16.4. The minimum Gasteiger partial charge on any atom is -0.371 e. The van der Waals surface area contributed by atoms with Crippen molar-refractivity contribution in [2.75, 3.05) is 41.7 Å². The van der Waals surface area contributed by atoms with Gasteiger partial charge in [-0.25, -0.2) is 19.0 Å². The van der Waals surface area contributed by atoms with Crippen LogP contribution in [0.1, 0.15) is 94.3 Å². The van der Waals surface area contributed by atoms with E-state index in [1.165, 1.54) is 23.3 Å². The molecule has 9 rings (SSSR count). The largest absolute Gasteiger partial charge is 0.371 e. The Bertz CT molecular complexity index is 2680. The number of piperidine rings is 2. The number of anilines is 4. The Morgan fingerprint density at radius 1 is 0.889 bits per heavy atom. The summed E-state index contributed by atoms with van der Waals surface area (Å²) in [7, 11) is 0. The van der Waals surface area contributed by atoms with Crippen LogP contribution in [0.5, 0.6) is 0 Å². The SMILES string of the molecule is Cc1c(NC(=O)c2cn(C(C)(C)C)nn2)cc(F)cc1-c1ccnc(Nc2ccc3c(c2)CN(CC2CCN(c4ccc5c(c4)C(=O)N(C4CCC(=O)NC4=O)C5=O)CC2)CC3)n1. The Balaban J connectivity index is 0.810. The van der Waals surface area contributed by atoms with E-state index in [9.17, 15) is 24.0 Å². The van der Waals surface area contributed by atoms with E-state index in [1.807, 2.05) is 32.9 Å². The van der Waals surface area contributed by atoms with Crippen molar-refractivity contribution >= 4 is 52.5 Å². The van der Waals surface area contributed by atoms with E-state index in [0.29, 0.717) is 39.9 Å². The molecule has 2 fully saturated rings. The van der Waals surface area contributed by atoms with Crippen LogP contribution in [0, 0.1) is 18.7 Å². The van der Waals surface area contributed by atoms with Gasteiger partial charge in [0.1, 0.15) is 11.9 Å².